The number of pyridine rings is 1. The number of halogens is 2. The maximum Gasteiger partial charge on any atom is 0.268 e. The molecule has 1 fully saturated rings. The molecule has 1 aliphatic heterocycles. The number of nitrogens with zero attached hydrogens (tertiary/aromatic N) is 3. The van der Waals surface area contributed by atoms with Gasteiger partial charge in [-0.25, -0.2) is 22.5 Å². The minimum atomic E-state index is -4.55. The topological polar surface area (TPSA) is 180 Å². The van der Waals surface area contributed by atoms with Gasteiger partial charge in [-0.3, -0.25) is 9.89 Å². The average molecular weight is 842 g/mol. The number of amides is 1. The number of nitriles is 1. The molecule has 1 amide bonds. The summed E-state index contributed by atoms with van der Waals surface area (Å²) in [7, 11) is -4.55. The number of ether oxygens (including phenoxy) is 3. The summed E-state index contributed by atoms with van der Waals surface area (Å²) in [4.78, 5) is 17.3. The predicted molar refractivity (Wildman–Crippen MR) is 223 cm³/mol. The van der Waals surface area contributed by atoms with E-state index < -0.39 is 26.5 Å². The summed E-state index contributed by atoms with van der Waals surface area (Å²) in [6.07, 6.45) is 5.87. The molecule has 59 heavy (non-hydrogen) atoms. The van der Waals surface area contributed by atoms with Gasteiger partial charge in [-0.15, -0.1) is 0 Å². The molecule has 13 nitrogen and oxygen atoms in total. The van der Waals surface area contributed by atoms with Gasteiger partial charge in [-0.05, 0) is 78.3 Å². The molecule has 0 atom stereocenters. The van der Waals surface area contributed by atoms with Crippen molar-refractivity contribution < 1.29 is 31.8 Å². The van der Waals surface area contributed by atoms with Gasteiger partial charge >= 0.3 is 0 Å². The fourth-order valence-electron chi connectivity index (χ4n) is 7.16. The van der Waals surface area contributed by atoms with Gasteiger partial charge in [0.2, 0.25) is 5.88 Å². The fraction of sp³-hybridized carbons (Fsp3) is 0.349. The van der Waals surface area contributed by atoms with Crippen LogP contribution in [-0.4, -0.2) is 74.6 Å². The van der Waals surface area contributed by atoms with Crippen molar-refractivity contribution in [1.29, 1.82) is 5.26 Å². The van der Waals surface area contributed by atoms with E-state index in [1.54, 1.807) is 30.5 Å². The van der Waals surface area contributed by atoms with E-state index in [2.05, 4.69) is 56.5 Å². The molecule has 7 rings (SSSR count). The molecule has 0 radical (unpaired) electrons. The highest BCUT2D eigenvalue weighted by molar-refractivity contribution is 7.90. The van der Waals surface area contributed by atoms with Crippen LogP contribution in [0.1, 0.15) is 67.4 Å². The number of allylic oxidation sites excluding steroid dienone is 1. The normalized spacial score (nSPS) is 16.3. The van der Waals surface area contributed by atoms with Crippen LogP contribution < -0.4 is 24.8 Å². The van der Waals surface area contributed by atoms with Crippen LogP contribution in [0.3, 0.4) is 0 Å². The zero-order valence-electron chi connectivity index (χ0n) is 32.7. The summed E-state index contributed by atoms with van der Waals surface area (Å²) in [5, 5.41) is 25.0. The summed E-state index contributed by atoms with van der Waals surface area (Å²) < 4.78 is 61.2. The van der Waals surface area contributed by atoms with Gasteiger partial charge in [0.1, 0.15) is 40.3 Å². The lowest BCUT2D eigenvalue weighted by molar-refractivity contribution is -0.0331. The summed E-state index contributed by atoms with van der Waals surface area (Å²) in [6.45, 7) is 6.62. The second-order valence-corrected chi connectivity index (χ2v) is 17.7. The third kappa shape index (κ3) is 10.2. The highest BCUT2D eigenvalue weighted by Crippen LogP contribution is 2.43. The van der Waals surface area contributed by atoms with Crippen LogP contribution in [-0.2, 0) is 14.8 Å². The number of sulfonamides is 1. The lowest BCUT2D eigenvalue weighted by Crippen LogP contribution is -2.37. The number of benzene rings is 3. The van der Waals surface area contributed by atoms with Crippen molar-refractivity contribution in [2.45, 2.75) is 56.5 Å². The molecule has 16 heteroatoms. The summed E-state index contributed by atoms with van der Waals surface area (Å²) in [6, 6.07) is 21.0. The molecule has 0 saturated carbocycles. The minimum absolute atomic E-state index is 0.0715. The third-order valence-electron chi connectivity index (χ3n) is 10.6. The Bertz CT molecular complexity index is 2510. The molecule has 1 saturated heterocycles. The average Bonchev–Trinajstić information content (AvgIpc) is 3.71. The molecular weight excluding hydrogens is 797 g/mol. The van der Waals surface area contributed by atoms with E-state index in [-0.39, 0.29) is 60.8 Å². The first-order chi connectivity index (χ1) is 28.3. The Kier molecular flexibility index (Phi) is 12.5. The highest BCUT2D eigenvalue weighted by atomic mass is 35.5. The molecule has 0 spiro atoms. The van der Waals surface area contributed by atoms with E-state index in [1.165, 1.54) is 22.8 Å². The number of alkyl halides is 1. The zero-order chi connectivity index (χ0) is 41.6. The van der Waals surface area contributed by atoms with Crippen LogP contribution in [0.25, 0.3) is 16.5 Å². The van der Waals surface area contributed by atoms with Crippen molar-refractivity contribution in [1.82, 2.24) is 25.2 Å². The number of carbonyl (C=O) groups excluding carboxylic acids is 1. The van der Waals surface area contributed by atoms with E-state index in [9.17, 15) is 18.5 Å². The molecule has 4 N–H and O–H groups in total. The number of nitrogens with one attached hydrogen (secondary N) is 4. The first-order valence-corrected chi connectivity index (χ1v) is 21.2. The Labute approximate surface area is 347 Å². The SMILES string of the molecule is CC1(C)CCC(CNCCNc2ccc(C(=O)NS(=O)(=O)c3cnc(OCC4(F)CCOCC4)c(C#N)c3)c(Oc3cccc4[nH]ncc34)c2)=C(c2ccc(Cl)cc2)C1. The predicted octanol–water partition coefficient (Wildman–Crippen LogP) is 7.96. The van der Waals surface area contributed by atoms with Crippen molar-refractivity contribution >= 4 is 49.7 Å². The first kappa shape index (κ1) is 41.6. The maximum absolute atomic E-state index is 15.1. The lowest BCUT2D eigenvalue weighted by atomic mass is 9.72. The maximum atomic E-state index is 15.1. The standard InChI is InChI=1S/C43H45ClFN7O6S/c1-42(2)13-12-29(35(22-42)28-6-8-31(44)9-7-28)24-47-16-17-48-32-10-11-34(39(21-32)58-38-5-3-4-37-36(38)26-50-51-37)40(53)52-59(54,55)33-20-30(23-46)41(49-25-33)57-27-43(45)14-18-56-19-15-43/h3-11,20-21,25-26,47-48H,12-19,22,24,27H2,1-2H3,(H,50,51)(H,52,53). The van der Waals surface area contributed by atoms with Crippen molar-refractivity contribution in [3.8, 4) is 23.4 Å². The van der Waals surface area contributed by atoms with Crippen LogP contribution in [0.5, 0.6) is 17.4 Å². The summed E-state index contributed by atoms with van der Waals surface area (Å²) in [5.41, 5.74) is 3.51. The molecule has 1 aliphatic carbocycles. The summed E-state index contributed by atoms with van der Waals surface area (Å²) >= 11 is 6.18. The zero-order valence-corrected chi connectivity index (χ0v) is 34.3. The van der Waals surface area contributed by atoms with E-state index in [0.717, 1.165) is 38.1 Å². The lowest BCUT2D eigenvalue weighted by Gasteiger charge is -2.34. The molecule has 308 valence electrons. The Morgan fingerprint density at radius 1 is 1.03 bits per heavy atom. The Balaban J connectivity index is 1.05. The van der Waals surface area contributed by atoms with Gasteiger partial charge in [0.05, 0.1) is 28.9 Å². The van der Waals surface area contributed by atoms with Crippen LogP contribution in [0.4, 0.5) is 10.1 Å². The molecule has 2 aliphatic rings. The smallest absolute Gasteiger partial charge is 0.268 e. The number of aromatic amines is 1. The van der Waals surface area contributed by atoms with Gasteiger partial charge in [0.25, 0.3) is 15.9 Å². The van der Waals surface area contributed by atoms with Crippen LogP contribution in [0, 0.1) is 16.7 Å². The Morgan fingerprint density at radius 2 is 1.83 bits per heavy atom. The number of fused-ring (bicyclic) bond motifs is 1. The van der Waals surface area contributed by atoms with Gasteiger partial charge in [-0.2, -0.15) is 10.4 Å². The molecule has 5 aromatic rings. The minimum Gasteiger partial charge on any atom is -0.473 e. The van der Waals surface area contributed by atoms with Gasteiger partial charge in [0, 0.05) is 62.5 Å². The Hall–Kier alpha value is -5.53. The molecular formula is C43H45ClFN7O6S. The first-order valence-electron chi connectivity index (χ1n) is 19.3. The number of hydrogen-bond donors (Lipinski definition) is 4. The quantitative estimate of drug-likeness (QED) is 0.0752. The number of carbonyl (C=O) groups is 1. The number of aromatic nitrogens is 3. The van der Waals surface area contributed by atoms with Gasteiger partial charge < -0.3 is 24.8 Å². The van der Waals surface area contributed by atoms with E-state index in [0.29, 0.717) is 40.5 Å². The fourth-order valence-corrected chi connectivity index (χ4v) is 8.22. The second kappa shape index (κ2) is 17.8. The monoisotopic (exact) mass is 841 g/mol. The second-order valence-electron chi connectivity index (χ2n) is 15.6. The summed E-state index contributed by atoms with van der Waals surface area (Å²) in [5.74, 6) is -0.728. The largest absolute Gasteiger partial charge is 0.473 e. The van der Waals surface area contributed by atoms with E-state index in [4.69, 9.17) is 25.8 Å². The molecule has 0 unspecified atom stereocenters. The van der Waals surface area contributed by atoms with Crippen LogP contribution in [0.15, 0.2) is 89.6 Å². The van der Waals surface area contributed by atoms with E-state index >= 15 is 4.39 Å². The van der Waals surface area contributed by atoms with Crippen molar-refractivity contribution in [2.75, 3.05) is 44.8 Å². The molecule has 3 aromatic carbocycles. The number of rotatable bonds is 15. The van der Waals surface area contributed by atoms with Gasteiger partial charge in [0.15, 0.2) is 0 Å². The van der Waals surface area contributed by atoms with Crippen molar-refractivity contribution in [3.63, 3.8) is 0 Å². The number of hydrogen-bond acceptors (Lipinski definition) is 11. The third-order valence-corrected chi connectivity index (χ3v) is 12.1. The highest BCUT2D eigenvalue weighted by Gasteiger charge is 2.34. The van der Waals surface area contributed by atoms with Crippen LogP contribution >= 0.6 is 11.6 Å². The molecule has 0 bridgehead atoms. The number of anilines is 1. The van der Waals surface area contributed by atoms with Crippen molar-refractivity contribution in [2.24, 2.45) is 5.41 Å². The van der Waals surface area contributed by atoms with E-state index in [1.807, 2.05) is 24.3 Å². The number of H-pyrrole nitrogens is 1. The molecule has 2 aromatic heterocycles. The van der Waals surface area contributed by atoms with Gasteiger partial charge in [-0.1, -0.05) is 49.2 Å². The molecule has 3 heterocycles. The Morgan fingerprint density at radius 3 is 2.61 bits per heavy atom. The van der Waals surface area contributed by atoms with Crippen molar-refractivity contribution in [3.05, 3.63) is 106 Å². The van der Waals surface area contributed by atoms with Crippen LogP contribution in [0.2, 0.25) is 5.02 Å².